The summed E-state index contributed by atoms with van der Waals surface area (Å²) >= 11 is 9.09. The van der Waals surface area contributed by atoms with Gasteiger partial charge in [-0.25, -0.2) is 13.1 Å². The minimum absolute atomic E-state index is 0. The lowest BCUT2D eigenvalue weighted by atomic mass is 10.4. The molecule has 1 aromatic carbocycles. The van der Waals surface area contributed by atoms with E-state index in [0.717, 1.165) is 0 Å². The lowest BCUT2D eigenvalue weighted by Crippen LogP contribution is -2.30. The SMILES string of the molecule is CNCCNS(=O)(=O)c1cccc(Br)c1Cl.Cl. The van der Waals surface area contributed by atoms with Crippen LogP contribution in [0.1, 0.15) is 0 Å². The highest BCUT2D eigenvalue weighted by atomic mass is 79.9. The van der Waals surface area contributed by atoms with Crippen LogP contribution in [0.15, 0.2) is 27.6 Å². The highest BCUT2D eigenvalue weighted by Crippen LogP contribution is 2.28. The third-order valence-electron chi connectivity index (χ3n) is 1.87. The Labute approximate surface area is 121 Å². The Kier molecular flexibility index (Phi) is 7.62. The van der Waals surface area contributed by atoms with Gasteiger partial charge < -0.3 is 5.32 Å². The van der Waals surface area contributed by atoms with E-state index < -0.39 is 10.0 Å². The van der Waals surface area contributed by atoms with Gasteiger partial charge in [-0.3, -0.25) is 0 Å². The zero-order valence-electron chi connectivity index (χ0n) is 9.04. The van der Waals surface area contributed by atoms with Crippen LogP contribution >= 0.6 is 39.9 Å². The molecule has 0 fully saturated rings. The van der Waals surface area contributed by atoms with Gasteiger partial charge in [-0.15, -0.1) is 12.4 Å². The third kappa shape index (κ3) is 4.73. The van der Waals surface area contributed by atoms with Gasteiger partial charge in [0, 0.05) is 17.6 Å². The summed E-state index contributed by atoms with van der Waals surface area (Å²) in [6.07, 6.45) is 0. The van der Waals surface area contributed by atoms with Gasteiger partial charge >= 0.3 is 0 Å². The van der Waals surface area contributed by atoms with E-state index in [1.54, 1.807) is 19.2 Å². The van der Waals surface area contributed by atoms with E-state index in [1.807, 2.05) is 0 Å². The first kappa shape index (κ1) is 17.2. The number of halogens is 3. The summed E-state index contributed by atoms with van der Waals surface area (Å²) in [7, 11) is -1.79. The molecule has 0 spiro atoms. The second kappa shape index (κ2) is 7.56. The van der Waals surface area contributed by atoms with E-state index in [0.29, 0.717) is 17.6 Å². The van der Waals surface area contributed by atoms with Crippen molar-refractivity contribution in [3.8, 4) is 0 Å². The number of nitrogens with one attached hydrogen (secondary N) is 2. The third-order valence-corrected chi connectivity index (χ3v) is 4.78. The lowest BCUT2D eigenvalue weighted by Gasteiger charge is -2.08. The van der Waals surface area contributed by atoms with Crippen LogP contribution in [0.5, 0.6) is 0 Å². The molecule has 8 heteroatoms. The fraction of sp³-hybridized carbons (Fsp3) is 0.333. The first-order valence-corrected chi connectivity index (χ1v) is 7.22. The molecule has 0 saturated carbocycles. The van der Waals surface area contributed by atoms with Crippen LogP contribution in [-0.2, 0) is 10.0 Å². The average molecular weight is 364 g/mol. The van der Waals surface area contributed by atoms with E-state index in [1.165, 1.54) is 6.07 Å². The molecule has 0 bridgehead atoms. The highest BCUT2D eigenvalue weighted by Gasteiger charge is 2.18. The van der Waals surface area contributed by atoms with E-state index >= 15 is 0 Å². The Morgan fingerprint density at radius 3 is 2.59 bits per heavy atom. The fourth-order valence-electron chi connectivity index (χ4n) is 1.08. The van der Waals surface area contributed by atoms with Crippen molar-refractivity contribution < 1.29 is 8.42 Å². The van der Waals surface area contributed by atoms with Crippen molar-refractivity contribution >= 4 is 50.0 Å². The number of likely N-dealkylation sites (N-methyl/N-ethyl adjacent to an activating group) is 1. The number of sulfonamides is 1. The van der Waals surface area contributed by atoms with Gasteiger partial charge in [0.2, 0.25) is 10.0 Å². The summed E-state index contributed by atoms with van der Waals surface area (Å²) < 4.78 is 26.7. The molecule has 0 atom stereocenters. The van der Waals surface area contributed by atoms with Crippen LogP contribution in [0.25, 0.3) is 0 Å². The van der Waals surface area contributed by atoms with Gasteiger partial charge in [-0.1, -0.05) is 17.7 Å². The monoisotopic (exact) mass is 362 g/mol. The molecule has 0 aliphatic carbocycles. The van der Waals surface area contributed by atoms with Crippen LogP contribution in [0.3, 0.4) is 0 Å². The maximum Gasteiger partial charge on any atom is 0.242 e. The molecule has 0 unspecified atom stereocenters. The highest BCUT2D eigenvalue weighted by molar-refractivity contribution is 9.10. The summed E-state index contributed by atoms with van der Waals surface area (Å²) in [5.74, 6) is 0. The second-order valence-corrected chi connectivity index (χ2v) is 6.02. The molecule has 2 N–H and O–H groups in total. The van der Waals surface area contributed by atoms with Crippen LogP contribution in [0, 0.1) is 0 Å². The number of hydrogen-bond donors (Lipinski definition) is 2. The van der Waals surface area contributed by atoms with Gasteiger partial charge in [-0.2, -0.15) is 0 Å². The quantitative estimate of drug-likeness (QED) is 0.787. The van der Waals surface area contributed by atoms with Crippen molar-refractivity contribution in [3.63, 3.8) is 0 Å². The molecule has 0 amide bonds. The molecule has 0 heterocycles. The van der Waals surface area contributed by atoms with Crippen LogP contribution in [0.2, 0.25) is 5.02 Å². The first-order chi connectivity index (χ1) is 7.49. The van der Waals surface area contributed by atoms with Crippen molar-refractivity contribution in [2.24, 2.45) is 0 Å². The Morgan fingerprint density at radius 2 is 2.00 bits per heavy atom. The Morgan fingerprint density at radius 1 is 1.35 bits per heavy atom. The molecule has 4 nitrogen and oxygen atoms in total. The molecule has 0 aromatic heterocycles. The van der Waals surface area contributed by atoms with Crippen LogP contribution in [0.4, 0.5) is 0 Å². The average Bonchev–Trinajstić information content (AvgIpc) is 2.22. The summed E-state index contributed by atoms with van der Waals surface area (Å²) in [6, 6.07) is 4.78. The molecule has 0 aliphatic rings. The first-order valence-electron chi connectivity index (χ1n) is 4.57. The van der Waals surface area contributed by atoms with Crippen molar-refractivity contribution in [3.05, 3.63) is 27.7 Å². The molecule has 17 heavy (non-hydrogen) atoms. The number of rotatable bonds is 5. The fourth-order valence-corrected chi connectivity index (χ4v) is 3.14. The van der Waals surface area contributed by atoms with Crippen molar-refractivity contribution in [1.82, 2.24) is 10.0 Å². The molecule has 0 saturated heterocycles. The lowest BCUT2D eigenvalue weighted by molar-refractivity contribution is 0.579. The van der Waals surface area contributed by atoms with Gasteiger partial charge in [0.15, 0.2) is 0 Å². The maximum atomic E-state index is 11.8. The van der Waals surface area contributed by atoms with Crippen molar-refractivity contribution in [2.75, 3.05) is 20.1 Å². The minimum atomic E-state index is -3.54. The predicted octanol–water partition coefficient (Wildman–Crippen LogP) is 2.02. The summed E-state index contributed by atoms with van der Waals surface area (Å²) in [4.78, 5) is 0.0830. The summed E-state index contributed by atoms with van der Waals surface area (Å²) in [5, 5.41) is 3.04. The normalized spacial score (nSPS) is 11.0. The molecular formula is C9H13BrCl2N2O2S. The molecule has 0 radical (unpaired) electrons. The van der Waals surface area contributed by atoms with Crippen molar-refractivity contribution in [1.29, 1.82) is 0 Å². The van der Waals surface area contributed by atoms with Gasteiger partial charge in [-0.05, 0) is 35.1 Å². The van der Waals surface area contributed by atoms with E-state index in [4.69, 9.17) is 11.6 Å². The van der Waals surface area contributed by atoms with Gasteiger partial charge in [0.1, 0.15) is 4.90 Å². The smallest absolute Gasteiger partial charge is 0.242 e. The van der Waals surface area contributed by atoms with Crippen LogP contribution < -0.4 is 10.0 Å². The van der Waals surface area contributed by atoms with E-state index in [9.17, 15) is 8.42 Å². The second-order valence-electron chi connectivity index (χ2n) is 3.05. The van der Waals surface area contributed by atoms with Crippen LogP contribution in [-0.4, -0.2) is 28.6 Å². The standard InChI is InChI=1S/C9H12BrClN2O2S.ClH/c1-12-5-6-13-16(14,15)8-4-2-3-7(10)9(8)11;/h2-4,12-13H,5-6H2,1H3;1H. The van der Waals surface area contributed by atoms with E-state index in [2.05, 4.69) is 26.0 Å². The van der Waals surface area contributed by atoms with E-state index in [-0.39, 0.29) is 22.3 Å². The zero-order chi connectivity index (χ0) is 12.2. The van der Waals surface area contributed by atoms with Crippen molar-refractivity contribution in [2.45, 2.75) is 4.90 Å². The molecular weight excluding hydrogens is 351 g/mol. The topological polar surface area (TPSA) is 58.2 Å². The molecule has 1 aromatic rings. The number of benzene rings is 1. The Bertz CT molecular complexity index is 468. The summed E-state index contributed by atoms with van der Waals surface area (Å²) in [6.45, 7) is 0.881. The summed E-state index contributed by atoms with van der Waals surface area (Å²) in [5.41, 5.74) is 0. The Hall–Kier alpha value is 0.150. The minimum Gasteiger partial charge on any atom is -0.318 e. The molecule has 98 valence electrons. The predicted molar refractivity (Wildman–Crippen MR) is 75.5 cm³/mol. The molecule has 0 aliphatic heterocycles. The molecule has 1 rings (SSSR count). The van der Waals surface area contributed by atoms with Gasteiger partial charge in [0.25, 0.3) is 0 Å². The zero-order valence-corrected chi connectivity index (χ0v) is 13.0. The number of hydrogen-bond acceptors (Lipinski definition) is 3. The van der Waals surface area contributed by atoms with Gasteiger partial charge in [0.05, 0.1) is 5.02 Å². The Balaban J connectivity index is 0.00000256. The maximum absolute atomic E-state index is 11.8. The largest absolute Gasteiger partial charge is 0.318 e.